The topological polar surface area (TPSA) is 66.5 Å². The number of benzene rings is 2. The highest BCUT2D eigenvalue weighted by atomic mass is 35.5. The van der Waals surface area contributed by atoms with Gasteiger partial charge in [0.25, 0.3) is 0 Å². The first-order valence-corrected chi connectivity index (χ1v) is 10.0. The van der Waals surface area contributed by atoms with Crippen LogP contribution in [0.2, 0.25) is 5.02 Å². The minimum absolute atomic E-state index is 0.0352. The first-order chi connectivity index (χ1) is 13.0. The molecule has 0 spiro atoms. The minimum Gasteiger partial charge on any atom is -0.326 e. The lowest BCUT2D eigenvalue weighted by Gasteiger charge is -2.17. The number of carbonyl (C=O) groups is 1. The van der Waals surface area contributed by atoms with E-state index in [1.807, 2.05) is 0 Å². The second-order valence-electron chi connectivity index (χ2n) is 5.98. The zero-order valence-corrected chi connectivity index (χ0v) is 16.4. The van der Waals surface area contributed by atoms with E-state index >= 15 is 0 Å². The second-order valence-corrected chi connectivity index (χ2v) is 8.44. The Bertz CT molecular complexity index is 935. The average molecular weight is 435 g/mol. The highest BCUT2D eigenvalue weighted by Gasteiger charge is 2.33. The van der Waals surface area contributed by atoms with E-state index in [0.717, 1.165) is 16.4 Å². The van der Waals surface area contributed by atoms with Crippen molar-refractivity contribution in [2.45, 2.75) is 23.9 Å². The summed E-state index contributed by atoms with van der Waals surface area (Å²) < 4.78 is 64.4. The number of carbonyl (C=O) groups excluding carboxylic acids is 1. The lowest BCUT2D eigenvalue weighted by molar-refractivity contribution is -0.137. The molecule has 2 aromatic carbocycles. The van der Waals surface area contributed by atoms with Crippen molar-refractivity contribution in [3.8, 4) is 0 Å². The van der Waals surface area contributed by atoms with E-state index < -0.39 is 32.7 Å². The molecule has 152 valence electrons. The third-order valence-electron chi connectivity index (χ3n) is 3.88. The molecule has 2 aromatic rings. The highest BCUT2D eigenvalue weighted by molar-refractivity contribution is 7.89. The van der Waals surface area contributed by atoms with Crippen LogP contribution in [-0.2, 0) is 21.0 Å². The van der Waals surface area contributed by atoms with Crippen LogP contribution in [0.5, 0.6) is 0 Å². The van der Waals surface area contributed by atoms with Crippen molar-refractivity contribution in [2.24, 2.45) is 0 Å². The molecule has 0 radical (unpaired) electrons. The van der Waals surface area contributed by atoms with E-state index in [4.69, 9.17) is 11.6 Å². The third kappa shape index (κ3) is 5.70. The summed E-state index contributed by atoms with van der Waals surface area (Å²) in [6.45, 7) is 0.0824. The lowest BCUT2D eigenvalue weighted by atomic mass is 10.2. The van der Waals surface area contributed by atoms with Crippen LogP contribution >= 0.6 is 11.6 Å². The molecule has 0 unspecified atom stereocenters. The molecule has 5 nitrogen and oxygen atoms in total. The number of sulfonamides is 1. The molecule has 0 aliphatic rings. The number of anilines is 1. The molecule has 2 rings (SSSR count). The summed E-state index contributed by atoms with van der Waals surface area (Å²) in [7, 11) is -2.26. The van der Waals surface area contributed by atoms with Gasteiger partial charge in [-0.05, 0) is 36.8 Å². The fourth-order valence-electron chi connectivity index (χ4n) is 2.40. The van der Waals surface area contributed by atoms with E-state index in [1.165, 1.54) is 25.2 Å². The van der Waals surface area contributed by atoms with Gasteiger partial charge < -0.3 is 5.32 Å². The van der Waals surface area contributed by atoms with Gasteiger partial charge in [0, 0.05) is 25.7 Å². The van der Waals surface area contributed by atoms with Crippen LogP contribution in [0.25, 0.3) is 0 Å². The molecule has 0 aliphatic carbocycles. The normalized spacial score (nSPS) is 12.2. The highest BCUT2D eigenvalue weighted by Crippen LogP contribution is 2.36. The lowest BCUT2D eigenvalue weighted by Crippen LogP contribution is -2.28. The maximum Gasteiger partial charge on any atom is 0.417 e. The van der Waals surface area contributed by atoms with Crippen molar-refractivity contribution in [2.75, 3.05) is 18.9 Å². The van der Waals surface area contributed by atoms with E-state index in [2.05, 4.69) is 5.32 Å². The summed E-state index contributed by atoms with van der Waals surface area (Å²) in [6, 6.07) is 10.9. The third-order valence-corrected chi connectivity index (χ3v) is 6.08. The van der Waals surface area contributed by atoms with Gasteiger partial charge in [0.15, 0.2) is 0 Å². The molecule has 0 saturated heterocycles. The quantitative estimate of drug-likeness (QED) is 0.702. The van der Waals surface area contributed by atoms with Crippen LogP contribution in [0.1, 0.15) is 18.4 Å². The summed E-state index contributed by atoms with van der Waals surface area (Å²) in [5, 5.41) is 1.90. The predicted molar refractivity (Wildman–Crippen MR) is 101 cm³/mol. The molecule has 1 amide bonds. The fraction of sp³-hybridized carbons (Fsp3) is 0.278. The summed E-state index contributed by atoms with van der Waals surface area (Å²) >= 11 is 5.53. The summed E-state index contributed by atoms with van der Waals surface area (Å²) in [4.78, 5) is 12.1. The number of alkyl halides is 3. The van der Waals surface area contributed by atoms with Gasteiger partial charge in [0.2, 0.25) is 15.9 Å². The monoisotopic (exact) mass is 434 g/mol. The Morgan fingerprint density at radius 1 is 1.14 bits per heavy atom. The Kier molecular flexibility index (Phi) is 7.08. The van der Waals surface area contributed by atoms with Crippen molar-refractivity contribution >= 4 is 33.2 Å². The van der Waals surface area contributed by atoms with E-state index in [9.17, 15) is 26.4 Å². The number of amides is 1. The van der Waals surface area contributed by atoms with Gasteiger partial charge in [-0.25, -0.2) is 12.7 Å². The molecule has 28 heavy (non-hydrogen) atoms. The van der Waals surface area contributed by atoms with Crippen molar-refractivity contribution in [3.05, 3.63) is 59.1 Å². The standard InChI is InChI=1S/C18H18ClF3N2O3S/c1-24(28(26,27)14-6-3-2-4-7-14)11-5-8-17(25)23-13-9-10-16(19)15(12-13)18(20,21)22/h2-4,6-7,9-10,12H,5,8,11H2,1H3,(H,23,25). The number of hydrogen-bond acceptors (Lipinski definition) is 3. The molecular weight excluding hydrogens is 417 g/mol. The van der Waals surface area contributed by atoms with Crippen LogP contribution in [0, 0.1) is 0 Å². The van der Waals surface area contributed by atoms with Gasteiger partial charge in [-0.3, -0.25) is 4.79 Å². The zero-order valence-electron chi connectivity index (χ0n) is 14.8. The molecule has 10 heteroatoms. The van der Waals surface area contributed by atoms with E-state index in [1.54, 1.807) is 18.2 Å². The Morgan fingerprint density at radius 2 is 1.79 bits per heavy atom. The van der Waals surface area contributed by atoms with Crippen LogP contribution in [0.3, 0.4) is 0 Å². The van der Waals surface area contributed by atoms with Gasteiger partial charge in [0.1, 0.15) is 0 Å². The smallest absolute Gasteiger partial charge is 0.326 e. The minimum atomic E-state index is -4.63. The first kappa shape index (κ1) is 22.2. The van der Waals surface area contributed by atoms with E-state index in [0.29, 0.717) is 0 Å². The van der Waals surface area contributed by atoms with Gasteiger partial charge in [-0.2, -0.15) is 13.2 Å². The molecule has 0 aliphatic heterocycles. The number of hydrogen-bond donors (Lipinski definition) is 1. The molecule has 0 heterocycles. The summed E-state index contributed by atoms with van der Waals surface area (Å²) in [5.74, 6) is -0.527. The number of rotatable bonds is 7. The largest absolute Gasteiger partial charge is 0.417 e. The summed E-state index contributed by atoms with van der Waals surface area (Å²) in [6.07, 6.45) is -4.49. The van der Waals surface area contributed by atoms with Crippen LogP contribution in [0.15, 0.2) is 53.4 Å². The molecule has 0 saturated carbocycles. The molecular formula is C18H18ClF3N2O3S. The number of nitrogens with one attached hydrogen (secondary N) is 1. The fourth-order valence-corrected chi connectivity index (χ4v) is 3.85. The van der Waals surface area contributed by atoms with Gasteiger partial charge in [0.05, 0.1) is 15.5 Å². The molecule has 0 aromatic heterocycles. The van der Waals surface area contributed by atoms with Crippen molar-refractivity contribution in [1.29, 1.82) is 0 Å². The molecule has 0 bridgehead atoms. The maximum atomic E-state index is 12.8. The average Bonchev–Trinajstić information content (AvgIpc) is 2.63. The maximum absolute atomic E-state index is 12.8. The van der Waals surface area contributed by atoms with Crippen molar-refractivity contribution < 1.29 is 26.4 Å². The Balaban J connectivity index is 1.91. The van der Waals surface area contributed by atoms with Gasteiger partial charge >= 0.3 is 6.18 Å². The van der Waals surface area contributed by atoms with Gasteiger partial charge in [-0.1, -0.05) is 29.8 Å². The molecule has 0 fully saturated rings. The zero-order chi connectivity index (χ0) is 20.9. The Hall–Kier alpha value is -2.10. The van der Waals surface area contributed by atoms with Gasteiger partial charge in [-0.15, -0.1) is 0 Å². The second kappa shape index (κ2) is 8.93. The number of halogens is 4. The van der Waals surface area contributed by atoms with Crippen molar-refractivity contribution in [3.63, 3.8) is 0 Å². The molecule has 1 N–H and O–H groups in total. The Morgan fingerprint density at radius 3 is 2.39 bits per heavy atom. The summed E-state index contributed by atoms with van der Waals surface area (Å²) in [5.41, 5.74) is -1.08. The predicted octanol–water partition coefficient (Wildman–Crippen LogP) is 4.40. The SMILES string of the molecule is CN(CCCC(=O)Nc1ccc(Cl)c(C(F)(F)F)c1)S(=O)(=O)c1ccccc1. The Labute approximate surface area is 166 Å². The first-order valence-electron chi connectivity index (χ1n) is 8.20. The number of nitrogens with zero attached hydrogens (tertiary/aromatic N) is 1. The van der Waals surface area contributed by atoms with Crippen LogP contribution in [-0.4, -0.2) is 32.2 Å². The molecule has 0 atom stereocenters. The van der Waals surface area contributed by atoms with Crippen LogP contribution < -0.4 is 5.32 Å². The van der Waals surface area contributed by atoms with Crippen LogP contribution in [0.4, 0.5) is 18.9 Å². The van der Waals surface area contributed by atoms with E-state index in [-0.39, 0.29) is 30.0 Å². The van der Waals surface area contributed by atoms with Crippen molar-refractivity contribution in [1.82, 2.24) is 4.31 Å².